The van der Waals surface area contributed by atoms with Gasteiger partial charge >= 0.3 is 0 Å². The topological polar surface area (TPSA) is 138 Å². The lowest BCUT2D eigenvalue weighted by molar-refractivity contribution is -0.132. The highest BCUT2D eigenvalue weighted by molar-refractivity contribution is 6.36. The van der Waals surface area contributed by atoms with Crippen LogP contribution in [-0.2, 0) is 4.79 Å². The van der Waals surface area contributed by atoms with Crippen molar-refractivity contribution in [2.75, 3.05) is 35.2 Å². The summed E-state index contributed by atoms with van der Waals surface area (Å²) in [4.78, 5) is 25.3. The number of nitrogens with zero attached hydrogens (tertiary/aromatic N) is 8. The maximum absolute atomic E-state index is 12.1. The number of hydrogen-bond donors (Lipinski definition) is 2. The SMILES string of the molecule is CC(=O)N1CCN(c2cc(C#N)cc(Nc3nc(NC4CC4)n4ncc(C#N)c4n3)c2Cl)CC12CC2. The molecule has 36 heavy (non-hydrogen) atoms. The molecule has 3 fully saturated rings. The number of carbonyl (C=O) groups is 1. The minimum atomic E-state index is -0.156. The molecule has 2 saturated carbocycles. The van der Waals surface area contributed by atoms with Gasteiger partial charge in [0.15, 0.2) is 5.65 Å². The maximum Gasteiger partial charge on any atom is 0.232 e. The minimum Gasteiger partial charge on any atom is -0.366 e. The van der Waals surface area contributed by atoms with Crippen LogP contribution < -0.4 is 15.5 Å². The van der Waals surface area contributed by atoms with Crippen LogP contribution >= 0.6 is 11.6 Å². The molecule has 11 nitrogen and oxygen atoms in total. The van der Waals surface area contributed by atoms with Crippen molar-refractivity contribution >= 4 is 46.4 Å². The molecule has 3 aliphatic rings. The summed E-state index contributed by atoms with van der Waals surface area (Å²) in [5, 5.41) is 30.4. The second-order valence-electron chi connectivity index (χ2n) is 9.61. The van der Waals surface area contributed by atoms with Gasteiger partial charge in [-0.15, -0.1) is 0 Å². The van der Waals surface area contributed by atoms with E-state index in [1.54, 1.807) is 19.1 Å². The molecule has 0 unspecified atom stereocenters. The number of amides is 1. The van der Waals surface area contributed by atoms with Crippen molar-refractivity contribution in [1.29, 1.82) is 10.5 Å². The molecular formula is C24H23ClN10O. The van der Waals surface area contributed by atoms with Crippen LogP contribution in [0.1, 0.15) is 43.7 Å². The van der Waals surface area contributed by atoms with Gasteiger partial charge in [-0.3, -0.25) is 4.79 Å². The number of rotatable bonds is 5. The van der Waals surface area contributed by atoms with Crippen molar-refractivity contribution in [3.63, 3.8) is 0 Å². The third-order valence-electron chi connectivity index (χ3n) is 7.03. The molecule has 1 aromatic carbocycles. The predicted molar refractivity (Wildman–Crippen MR) is 133 cm³/mol. The highest BCUT2D eigenvalue weighted by atomic mass is 35.5. The highest BCUT2D eigenvalue weighted by Gasteiger charge is 2.52. The summed E-state index contributed by atoms with van der Waals surface area (Å²) in [6.45, 7) is 3.51. The van der Waals surface area contributed by atoms with Crippen LogP contribution in [0.3, 0.4) is 0 Å². The predicted octanol–water partition coefficient (Wildman–Crippen LogP) is 3.04. The summed E-state index contributed by atoms with van der Waals surface area (Å²) < 4.78 is 1.52. The van der Waals surface area contributed by atoms with E-state index in [1.165, 1.54) is 10.7 Å². The average Bonchev–Trinajstić information content (AvgIpc) is 3.79. The van der Waals surface area contributed by atoms with Crippen LogP contribution in [0.25, 0.3) is 5.65 Å². The normalized spacial score (nSPS) is 18.1. The first-order chi connectivity index (χ1) is 17.4. The Bertz CT molecular complexity index is 1480. The van der Waals surface area contributed by atoms with E-state index in [0.29, 0.717) is 59.1 Å². The Labute approximate surface area is 212 Å². The molecular weight excluding hydrogens is 480 g/mol. The molecule has 2 aliphatic carbocycles. The van der Waals surface area contributed by atoms with E-state index in [0.717, 1.165) is 31.4 Å². The molecule has 0 radical (unpaired) electrons. The van der Waals surface area contributed by atoms with Crippen LogP contribution in [0.5, 0.6) is 0 Å². The number of aromatic nitrogens is 4. The van der Waals surface area contributed by atoms with Crippen LogP contribution in [0, 0.1) is 22.7 Å². The van der Waals surface area contributed by atoms with Gasteiger partial charge in [-0.2, -0.15) is 30.1 Å². The number of hydrogen-bond acceptors (Lipinski definition) is 9. The van der Waals surface area contributed by atoms with Crippen molar-refractivity contribution in [2.45, 2.75) is 44.2 Å². The minimum absolute atomic E-state index is 0.0890. The van der Waals surface area contributed by atoms with E-state index in [-0.39, 0.29) is 17.4 Å². The fraction of sp³-hybridized carbons (Fsp3) is 0.417. The molecule has 3 heterocycles. The van der Waals surface area contributed by atoms with Crippen LogP contribution in [-0.4, -0.2) is 61.6 Å². The zero-order valence-corrected chi connectivity index (χ0v) is 20.4. The van der Waals surface area contributed by atoms with Crippen molar-refractivity contribution < 1.29 is 4.79 Å². The first-order valence-corrected chi connectivity index (χ1v) is 12.2. The summed E-state index contributed by atoms with van der Waals surface area (Å²) in [5.74, 6) is 0.812. The van der Waals surface area contributed by atoms with E-state index in [4.69, 9.17) is 11.6 Å². The Kier molecular flexibility index (Phi) is 5.13. The van der Waals surface area contributed by atoms with Crippen molar-refractivity contribution in [3.05, 3.63) is 34.5 Å². The van der Waals surface area contributed by atoms with Crippen LogP contribution in [0.15, 0.2) is 18.3 Å². The second-order valence-corrected chi connectivity index (χ2v) is 9.98. The summed E-state index contributed by atoms with van der Waals surface area (Å²) in [6, 6.07) is 8.07. The molecule has 1 saturated heterocycles. The number of nitriles is 2. The fourth-order valence-electron chi connectivity index (χ4n) is 4.88. The zero-order valence-electron chi connectivity index (χ0n) is 19.6. The molecule has 1 amide bonds. The quantitative estimate of drug-likeness (QED) is 0.538. The molecule has 2 aromatic heterocycles. The van der Waals surface area contributed by atoms with E-state index in [9.17, 15) is 15.3 Å². The Morgan fingerprint density at radius 1 is 1.19 bits per heavy atom. The van der Waals surface area contributed by atoms with Gasteiger partial charge in [0.05, 0.1) is 39.8 Å². The number of anilines is 4. The van der Waals surface area contributed by atoms with Gasteiger partial charge in [-0.05, 0) is 37.8 Å². The molecule has 12 heteroatoms. The zero-order chi connectivity index (χ0) is 25.0. The van der Waals surface area contributed by atoms with Gasteiger partial charge < -0.3 is 20.4 Å². The van der Waals surface area contributed by atoms with E-state index >= 15 is 0 Å². The molecule has 2 N–H and O–H groups in total. The standard InChI is InChI=1S/C24H23ClN10O/c1-14(36)34-7-6-33(13-24(34)4-5-24)19-9-15(10-26)8-18(20(19)25)30-22-31-21-16(11-27)12-28-35(21)23(32-22)29-17-2-3-17/h8-9,12,17H,2-7,13H2,1H3,(H2,29,30,31,32). The second kappa shape index (κ2) is 8.25. The molecule has 0 bridgehead atoms. The smallest absolute Gasteiger partial charge is 0.232 e. The van der Waals surface area contributed by atoms with Crippen molar-refractivity contribution in [1.82, 2.24) is 24.5 Å². The van der Waals surface area contributed by atoms with Gasteiger partial charge in [-0.1, -0.05) is 11.6 Å². The van der Waals surface area contributed by atoms with Gasteiger partial charge in [0.25, 0.3) is 0 Å². The van der Waals surface area contributed by atoms with Crippen molar-refractivity contribution in [2.24, 2.45) is 0 Å². The maximum atomic E-state index is 12.1. The average molecular weight is 503 g/mol. The summed E-state index contributed by atoms with van der Waals surface area (Å²) in [7, 11) is 0. The summed E-state index contributed by atoms with van der Waals surface area (Å²) in [6.07, 6.45) is 5.46. The van der Waals surface area contributed by atoms with Gasteiger partial charge in [0.2, 0.25) is 17.8 Å². The first-order valence-electron chi connectivity index (χ1n) is 11.9. The van der Waals surface area contributed by atoms with Gasteiger partial charge in [0, 0.05) is 32.6 Å². The number of nitrogens with one attached hydrogen (secondary N) is 2. The molecule has 182 valence electrons. The Hall–Kier alpha value is -4.09. The third kappa shape index (κ3) is 3.82. The monoisotopic (exact) mass is 502 g/mol. The number of carbonyl (C=O) groups excluding carboxylic acids is 1. The van der Waals surface area contributed by atoms with E-state index in [2.05, 4.69) is 42.7 Å². The van der Waals surface area contributed by atoms with Crippen LogP contribution in [0.2, 0.25) is 5.02 Å². The molecule has 1 aliphatic heterocycles. The largest absolute Gasteiger partial charge is 0.366 e. The number of benzene rings is 1. The Morgan fingerprint density at radius 2 is 2.00 bits per heavy atom. The first kappa shape index (κ1) is 22.4. The number of piperazine rings is 1. The lowest BCUT2D eigenvalue weighted by Gasteiger charge is -2.43. The summed E-state index contributed by atoms with van der Waals surface area (Å²) >= 11 is 6.89. The van der Waals surface area contributed by atoms with Crippen LogP contribution in [0.4, 0.5) is 23.3 Å². The molecule has 3 aromatic rings. The number of fused-ring (bicyclic) bond motifs is 1. The van der Waals surface area contributed by atoms with Gasteiger partial charge in [-0.25, -0.2) is 0 Å². The number of halogens is 1. The summed E-state index contributed by atoms with van der Waals surface area (Å²) in [5.41, 5.74) is 2.21. The molecule has 1 spiro atoms. The van der Waals surface area contributed by atoms with E-state index < -0.39 is 0 Å². The lowest BCUT2D eigenvalue weighted by atomic mass is 10.1. The highest BCUT2D eigenvalue weighted by Crippen LogP contribution is 2.47. The Morgan fingerprint density at radius 3 is 2.67 bits per heavy atom. The van der Waals surface area contributed by atoms with Gasteiger partial charge in [0.1, 0.15) is 11.6 Å². The van der Waals surface area contributed by atoms with E-state index in [1.807, 2.05) is 4.90 Å². The third-order valence-corrected chi connectivity index (χ3v) is 7.42. The molecule has 0 atom stereocenters. The lowest BCUT2D eigenvalue weighted by Crippen LogP contribution is -2.56. The fourth-order valence-corrected chi connectivity index (χ4v) is 5.15. The molecule has 6 rings (SSSR count). The van der Waals surface area contributed by atoms with Crippen molar-refractivity contribution in [3.8, 4) is 12.1 Å². The Balaban J connectivity index is 1.36.